The van der Waals surface area contributed by atoms with Gasteiger partial charge in [0.1, 0.15) is 0 Å². The van der Waals surface area contributed by atoms with E-state index in [1.807, 2.05) is 27.8 Å². The van der Waals surface area contributed by atoms with Crippen molar-refractivity contribution in [1.29, 1.82) is 0 Å². The average molecular weight is 268 g/mol. The summed E-state index contributed by atoms with van der Waals surface area (Å²) >= 11 is 0. The van der Waals surface area contributed by atoms with E-state index in [0.717, 1.165) is 11.3 Å². The Bertz CT molecular complexity index is 424. The molecule has 6 nitrogen and oxygen atoms in total. The summed E-state index contributed by atoms with van der Waals surface area (Å²) in [4.78, 5) is 11.7. The third-order valence-corrected chi connectivity index (χ3v) is 3.67. The summed E-state index contributed by atoms with van der Waals surface area (Å²) in [6.45, 7) is 6.46. The molecule has 19 heavy (non-hydrogen) atoms. The van der Waals surface area contributed by atoms with E-state index in [4.69, 9.17) is 0 Å². The average Bonchev–Trinajstić information content (AvgIpc) is 2.74. The number of hydrogen-bond acceptors (Lipinski definition) is 3. The van der Waals surface area contributed by atoms with Crippen molar-refractivity contribution in [3.63, 3.8) is 0 Å². The maximum absolute atomic E-state index is 11.7. The molecule has 0 atom stereocenters. The van der Waals surface area contributed by atoms with Gasteiger partial charge in [-0.25, -0.2) is 4.79 Å². The minimum absolute atomic E-state index is 0.262. The van der Waals surface area contributed by atoms with Crippen LogP contribution in [0.4, 0.5) is 4.79 Å². The zero-order chi connectivity index (χ0) is 14.5. The Morgan fingerprint density at radius 1 is 1.42 bits per heavy atom. The Morgan fingerprint density at radius 3 is 2.53 bits per heavy atom. The first-order valence-corrected chi connectivity index (χ1v) is 6.63. The van der Waals surface area contributed by atoms with Crippen LogP contribution >= 0.6 is 0 Å². The van der Waals surface area contributed by atoms with Crippen LogP contribution in [-0.2, 0) is 13.6 Å². The largest absolute Gasteiger partial charge is 0.388 e. The summed E-state index contributed by atoms with van der Waals surface area (Å²) < 4.78 is 1.77. The number of aryl methyl sites for hydroxylation is 1. The summed E-state index contributed by atoms with van der Waals surface area (Å²) in [5.41, 5.74) is 1.19. The molecule has 0 bridgehead atoms. The van der Waals surface area contributed by atoms with Gasteiger partial charge in [-0.1, -0.05) is 13.8 Å². The highest BCUT2D eigenvalue weighted by Crippen LogP contribution is 2.12. The van der Waals surface area contributed by atoms with E-state index in [1.165, 1.54) is 0 Å². The first-order valence-electron chi connectivity index (χ1n) is 6.63. The van der Waals surface area contributed by atoms with Crippen LogP contribution in [0.2, 0.25) is 0 Å². The minimum Gasteiger partial charge on any atom is -0.388 e. The van der Waals surface area contributed by atoms with Gasteiger partial charge in [-0.05, 0) is 19.8 Å². The highest BCUT2D eigenvalue weighted by Gasteiger charge is 2.22. The second-order valence-electron chi connectivity index (χ2n) is 4.85. The van der Waals surface area contributed by atoms with Crippen molar-refractivity contribution in [3.8, 4) is 0 Å². The maximum atomic E-state index is 11.7. The monoisotopic (exact) mass is 268 g/mol. The molecule has 0 aromatic carbocycles. The molecule has 108 valence electrons. The fraction of sp³-hybridized carbons (Fsp3) is 0.692. The number of aromatic nitrogens is 2. The lowest BCUT2D eigenvalue weighted by atomic mass is 9.98. The number of nitrogens with one attached hydrogen (secondary N) is 2. The molecule has 1 aromatic heterocycles. The molecule has 1 aromatic rings. The molecule has 0 radical (unpaired) electrons. The zero-order valence-corrected chi connectivity index (χ0v) is 12.2. The van der Waals surface area contributed by atoms with Crippen molar-refractivity contribution in [1.82, 2.24) is 20.4 Å². The Morgan fingerprint density at radius 2 is 2.05 bits per heavy atom. The lowest BCUT2D eigenvalue weighted by Crippen LogP contribution is -2.45. The Labute approximate surface area is 114 Å². The van der Waals surface area contributed by atoms with Crippen LogP contribution < -0.4 is 10.6 Å². The molecule has 1 heterocycles. The predicted octanol–water partition coefficient (Wildman–Crippen LogP) is 1.08. The van der Waals surface area contributed by atoms with Gasteiger partial charge in [0.15, 0.2) is 0 Å². The van der Waals surface area contributed by atoms with Crippen molar-refractivity contribution >= 4 is 6.03 Å². The molecule has 3 N–H and O–H groups in total. The maximum Gasteiger partial charge on any atom is 0.315 e. The van der Waals surface area contributed by atoms with Gasteiger partial charge in [0.05, 0.1) is 11.8 Å². The number of rotatable bonds is 6. The van der Waals surface area contributed by atoms with Crippen LogP contribution in [0.3, 0.4) is 0 Å². The van der Waals surface area contributed by atoms with Crippen LogP contribution in [0.15, 0.2) is 6.20 Å². The quantitative estimate of drug-likeness (QED) is 0.722. The smallest absolute Gasteiger partial charge is 0.315 e. The first kappa shape index (κ1) is 15.5. The zero-order valence-electron chi connectivity index (χ0n) is 12.2. The van der Waals surface area contributed by atoms with Crippen LogP contribution in [0.25, 0.3) is 0 Å². The van der Waals surface area contributed by atoms with Crippen LogP contribution in [0.5, 0.6) is 0 Å². The SMILES string of the molecule is CCC(O)(CC)CNC(=O)NCc1cnn(C)c1C. The van der Waals surface area contributed by atoms with Crippen LogP contribution in [0, 0.1) is 6.92 Å². The van der Waals surface area contributed by atoms with E-state index >= 15 is 0 Å². The van der Waals surface area contributed by atoms with Gasteiger partial charge < -0.3 is 15.7 Å². The number of hydrogen-bond donors (Lipinski definition) is 3. The van der Waals surface area contributed by atoms with Gasteiger partial charge in [-0.15, -0.1) is 0 Å². The van der Waals surface area contributed by atoms with E-state index in [1.54, 1.807) is 10.9 Å². The molecule has 0 unspecified atom stereocenters. The number of amides is 2. The Balaban J connectivity index is 2.38. The van der Waals surface area contributed by atoms with Gasteiger partial charge >= 0.3 is 6.03 Å². The molecule has 0 saturated carbocycles. The van der Waals surface area contributed by atoms with E-state index < -0.39 is 5.60 Å². The third kappa shape index (κ3) is 4.24. The topological polar surface area (TPSA) is 79.2 Å². The van der Waals surface area contributed by atoms with Crippen LogP contribution in [0.1, 0.15) is 37.9 Å². The van der Waals surface area contributed by atoms with E-state index in [9.17, 15) is 9.90 Å². The van der Waals surface area contributed by atoms with Crippen molar-refractivity contribution < 1.29 is 9.90 Å². The molecule has 1 rings (SSSR count). The molecule has 0 fully saturated rings. The van der Waals surface area contributed by atoms with Gasteiger partial charge in [0, 0.05) is 31.4 Å². The second kappa shape index (κ2) is 6.56. The summed E-state index contributed by atoms with van der Waals surface area (Å²) in [6.07, 6.45) is 2.97. The van der Waals surface area contributed by atoms with Gasteiger partial charge in [-0.3, -0.25) is 4.68 Å². The second-order valence-corrected chi connectivity index (χ2v) is 4.85. The molecule has 0 spiro atoms. The normalized spacial score (nSPS) is 11.4. The number of aliphatic hydroxyl groups is 1. The lowest BCUT2D eigenvalue weighted by Gasteiger charge is -2.25. The highest BCUT2D eigenvalue weighted by molar-refractivity contribution is 5.73. The third-order valence-electron chi connectivity index (χ3n) is 3.67. The molecule has 6 heteroatoms. The lowest BCUT2D eigenvalue weighted by molar-refractivity contribution is 0.0349. The van der Waals surface area contributed by atoms with Crippen LogP contribution in [-0.4, -0.2) is 33.1 Å². The minimum atomic E-state index is -0.818. The van der Waals surface area contributed by atoms with E-state index in [0.29, 0.717) is 19.4 Å². The first-order chi connectivity index (χ1) is 8.91. The predicted molar refractivity (Wildman–Crippen MR) is 73.7 cm³/mol. The number of urea groups is 1. The molecular weight excluding hydrogens is 244 g/mol. The van der Waals surface area contributed by atoms with Crippen molar-refractivity contribution in [2.45, 2.75) is 45.8 Å². The fourth-order valence-corrected chi connectivity index (χ4v) is 1.70. The number of carbonyl (C=O) groups excluding carboxylic acids is 1. The number of nitrogens with zero attached hydrogens (tertiary/aromatic N) is 2. The van der Waals surface area contributed by atoms with Gasteiger partial charge in [0.25, 0.3) is 0 Å². The van der Waals surface area contributed by atoms with Gasteiger partial charge in [-0.2, -0.15) is 5.10 Å². The van der Waals surface area contributed by atoms with Crippen molar-refractivity contribution in [2.24, 2.45) is 7.05 Å². The molecule has 0 aliphatic rings. The van der Waals surface area contributed by atoms with Gasteiger partial charge in [0.2, 0.25) is 0 Å². The molecule has 0 saturated heterocycles. The summed E-state index contributed by atoms with van der Waals surface area (Å²) in [5.74, 6) is 0. The molecule has 0 aliphatic carbocycles. The summed E-state index contributed by atoms with van der Waals surface area (Å²) in [6, 6.07) is -0.274. The van der Waals surface area contributed by atoms with Crippen molar-refractivity contribution in [2.75, 3.05) is 6.54 Å². The Hall–Kier alpha value is -1.56. The summed E-state index contributed by atoms with van der Waals surface area (Å²) in [7, 11) is 1.86. The highest BCUT2D eigenvalue weighted by atomic mass is 16.3. The molecule has 2 amide bonds. The standard InChI is InChI=1S/C13H24N4O2/c1-5-13(19,6-2)9-15-12(18)14-7-11-8-16-17(4)10(11)3/h8,19H,5-7,9H2,1-4H3,(H2,14,15,18). The van der Waals surface area contributed by atoms with E-state index in [-0.39, 0.29) is 12.6 Å². The number of carbonyl (C=O) groups is 1. The Kier molecular flexibility index (Phi) is 5.35. The van der Waals surface area contributed by atoms with E-state index in [2.05, 4.69) is 15.7 Å². The summed E-state index contributed by atoms with van der Waals surface area (Å²) in [5, 5.41) is 19.6. The molecular formula is C13H24N4O2. The van der Waals surface area contributed by atoms with Crippen molar-refractivity contribution in [3.05, 3.63) is 17.5 Å². The fourth-order valence-electron chi connectivity index (χ4n) is 1.70. The molecule has 0 aliphatic heterocycles.